The summed E-state index contributed by atoms with van der Waals surface area (Å²) in [7, 11) is 0. The van der Waals surface area contributed by atoms with Gasteiger partial charge in [-0.3, -0.25) is 9.59 Å². The lowest BCUT2D eigenvalue weighted by atomic mass is 9.93. The number of hydrogen-bond donors (Lipinski definition) is 1. The lowest BCUT2D eigenvalue weighted by Crippen LogP contribution is -2.39. The number of amides is 1. The fourth-order valence-electron chi connectivity index (χ4n) is 2.54. The van der Waals surface area contributed by atoms with Crippen molar-refractivity contribution in [3.63, 3.8) is 0 Å². The van der Waals surface area contributed by atoms with Gasteiger partial charge < -0.3 is 10.0 Å². The predicted molar refractivity (Wildman–Crippen MR) is 77.0 cm³/mol. The molecule has 0 aliphatic carbocycles. The van der Waals surface area contributed by atoms with E-state index < -0.39 is 5.97 Å². The number of likely N-dealkylation sites (tertiary alicyclic amines) is 1. The van der Waals surface area contributed by atoms with Crippen molar-refractivity contribution in [3.05, 3.63) is 16.1 Å². The quantitative estimate of drug-likeness (QED) is 0.906. The number of aromatic nitrogens is 1. The Kier molecular flexibility index (Phi) is 5.11. The van der Waals surface area contributed by atoms with Crippen LogP contribution >= 0.6 is 11.3 Å². The van der Waals surface area contributed by atoms with E-state index in [9.17, 15) is 9.59 Å². The monoisotopic (exact) mass is 296 g/mol. The normalized spacial score (nSPS) is 19.1. The molecule has 1 amide bonds. The first-order valence-electron chi connectivity index (χ1n) is 7.06. The third-order valence-corrected chi connectivity index (χ3v) is 4.77. The number of carbonyl (C=O) groups excluding carboxylic acids is 1. The van der Waals surface area contributed by atoms with Gasteiger partial charge in [-0.25, -0.2) is 4.98 Å². The Morgan fingerprint density at radius 1 is 1.55 bits per heavy atom. The number of carbonyl (C=O) groups is 2. The van der Waals surface area contributed by atoms with E-state index in [0.717, 1.165) is 30.8 Å². The molecule has 0 radical (unpaired) electrons. The lowest BCUT2D eigenvalue weighted by molar-refractivity contribution is -0.137. The van der Waals surface area contributed by atoms with Gasteiger partial charge in [-0.1, -0.05) is 6.92 Å². The van der Waals surface area contributed by atoms with Gasteiger partial charge in [0.2, 0.25) is 0 Å². The molecular formula is C14H20N2O3S. The molecule has 6 heteroatoms. The van der Waals surface area contributed by atoms with Crippen molar-refractivity contribution in [2.45, 2.75) is 39.0 Å². The molecule has 1 saturated heterocycles. The van der Waals surface area contributed by atoms with Crippen molar-refractivity contribution in [2.24, 2.45) is 5.92 Å². The number of nitrogens with zero attached hydrogens (tertiary/aromatic N) is 2. The molecule has 1 aliphatic heterocycles. The standard InChI is InChI=1S/C14H20N2O3S/c1-2-12-15-8-11(20-12)14(19)16-7-3-4-10(9-16)5-6-13(17)18/h8,10H,2-7,9H2,1H3,(H,17,18)/t10-/m1/s1. The molecule has 1 atom stereocenters. The van der Waals surface area contributed by atoms with Crippen LogP contribution in [0.4, 0.5) is 0 Å². The van der Waals surface area contributed by atoms with E-state index in [2.05, 4.69) is 4.98 Å². The fourth-order valence-corrected chi connectivity index (χ4v) is 3.37. The van der Waals surface area contributed by atoms with E-state index in [1.165, 1.54) is 11.3 Å². The molecule has 2 rings (SSSR count). The molecule has 0 unspecified atom stereocenters. The van der Waals surface area contributed by atoms with Gasteiger partial charge in [0.05, 0.1) is 11.2 Å². The highest BCUT2D eigenvalue weighted by atomic mass is 32.1. The number of aliphatic carboxylic acids is 1. The minimum Gasteiger partial charge on any atom is -0.481 e. The summed E-state index contributed by atoms with van der Waals surface area (Å²) < 4.78 is 0. The third kappa shape index (κ3) is 3.79. The highest BCUT2D eigenvalue weighted by Crippen LogP contribution is 2.24. The summed E-state index contributed by atoms with van der Waals surface area (Å²) in [6, 6.07) is 0. The molecule has 1 aliphatic rings. The second kappa shape index (κ2) is 6.83. The molecule has 0 spiro atoms. The Hall–Kier alpha value is -1.43. The van der Waals surface area contributed by atoms with Crippen LogP contribution in [0.5, 0.6) is 0 Å². The molecule has 1 aromatic rings. The Labute approximate surface area is 122 Å². The van der Waals surface area contributed by atoms with Crippen LogP contribution in [0, 0.1) is 5.92 Å². The van der Waals surface area contributed by atoms with Crippen LogP contribution in [0.2, 0.25) is 0 Å². The molecule has 0 saturated carbocycles. The second-order valence-electron chi connectivity index (χ2n) is 5.16. The summed E-state index contributed by atoms with van der Waals surface area (Å²) in [4.78, 5) is 29.8. The molecule has 110 valence electrons. The molecule has 1 fully saturated rings. The van der Waals surface area contributed by atoms with E-state index in [-0.39, 0.29) is 12.3 Å². The summed E-state index contributed by atoms with van der Waals surface area (Å²) in [6.07, 6.45) is 5.32. The number of carboxylic acid groups (broad SMARTS) is 1. The van der Waals surface area contributed by atoms with Gasteiger partial charge in [-0.2, -0.15) is 0 Å². The van der Waals surface area contributed by atoms with Gasteiger partial charge >= 0.3 is 5.97 Å². The number of piperidine rings is 1. The third-order valence-electron chi connectivity index (χ3n) is 3.64. The van der Waals surface area contributed by atoms with Gasteiger partial charge in [0.1, 0.15) is 4.88 Å². The molecule has 20 heavy (non-hydrogen) atoms. The average Bonchev–Trinajstić information content (AvgIpc) is 2.93. The molecule has 5 nitrogen and oxygen atoms in total. The summed E-state index contributed by atoms with van der Waals surface area (Å²) in [5.74, 6) is -0.409. The van der Waals surface area contributed by atoms with Crippen molar-refractivity contribution >= 4 is 23.2 Å². The van der Waals surface area contributed by atoms with Gasteiger partial charge in [-0.15, -0.1) is 11.3 Å². The van der Waals surface area contributed by atoms with Crippen molar-refractivity contribution in [1.82, 2.24) is 9.88 Å². The Bertz CT molecular complexity index is 487. The van der Waals surface area contributed by atoms with Crippen LogP contribution in [-0.4, -0.2) is 40.0 Å². The maximum Gasteiger partial charge on any atom is 0.303 e. The van der Waals surface area contributed by atoms with Crippen molar-refractivity contribution < 1.29 is 14.7 Å². The van der Waals surface area contributed by atoms with Gasteiger partial charge in [0.15, 0.2) is 0 Å². The number of aryl methyl sites for hydroxylation is 1. The highest BCUT2D eigenvalue weighted by molar-refractivity contribution is 7.13. The number of thiazole rings is 1. The van der Waals surface area contributed by atoms with Crippen LogP contribution in [0.25, 0.3) is 0 Å². The topological polar surface area (TPSA) is 70.5 Å². The SMILES string of the molecule is CCc1ncc(C(=O)N2CCC[C@H](CCC(=O)O)C2)s1. The Morgan fingerprint density at radius 3 is 3.00 bits per heavy atom. The van der Waals surface area contributed by atoms with Crippen LogP contribution < -0.4 is 0 Å². The first kappa shape index (κ1) is 15.0. The zero-order valence-corrected chi connectivity index (χ0v) is 12.5. The van der Waals surface area contributed by atoms with Crippen LogP contribution in [0.15, 0.2) is 6.20 Å². The van der Waals surface area contributed by atoms with Gasteiger partial charge in [-0.05, 0) is 31.6 Å². The zero-order chi connectivity index (χ0) is 14.5. The largest absolute Gasteiger partial charge is 0.481 e. The number of hydrogen-bond acceptors (Lipinski definition) is 4. The smallest absolute Gasteiger partial charge is 0.303 e. The summed E-state index contributed by atoms with van der Waals surface area (Å²) in [6.45, 7) is 3.46. The zero-order valence-electron chi connectivity index (χ0n) is 11.7. The lowest BCUT2D eigenvalue weighted by Gasteiger charge is -2.32. The molecule has 2 heterocycles. The molecule has 0 bridgehead atoms. The van der Waals surface area contributed by atoms with E-state index in [1.807, 2.05) is 11.8 Å². The van der Waals surface area contributed by atoms with Gasteiger partial charge in [0.25, 0.3) is 5.91 Å². The number of rotatable bonds is 5. The van der Waals surface area contributed by atoms with Crippen molar-refractivity contribution in [3.8, 4) is 0 Å². The molecular weight excluding hydrogens is 276 g/mol. The maximum atomic E-state index is 12.4. The van der Waals surface area contributed by atoms with Gasteiger partial charge in [0, 0.05) is 19.5 Å². The van der Waals surface area contributed by atoms with E-state index >= 15 is 0 Å². The second-order valence-corrected chi connectivity index (χ2v) is 6.28. The van der Waals surface area contributed by atoms with Crippen LogP contribution in [0.3, 0.4) is 0 Å². The van der Waals surface area contributed by atoms with Crippen molar-refractivity contribution in [2.75, 3.05) is 13.1 Å². The van der Waals surface area contributed by atoms with E-state index in [4.69, 9.17) is 5.11 Å². The first-order valence-corrected chi connectivity index (χ1v) is 7.87. The summed E-state index contributed by atoms with van der Waals surface area (Å²) >= 11 is 1.46. The molecule has 1 N–H and O–H groups in total. The molecule has 0 aromatic carbocycles. The average molecular weight is 296 g/mol. The van der Waals surface area contributed by atoms with Crippen LogP contribution in [-0.2, 0) is 11.2 Å². The highest BCUT2D eigenvalue weighted by Gasteiger charge is 2.25. The van der Waals surface area contributed by atoms with Crippen molar-refractivity contribution in [1.29, 1.82) is 0 Å². The minimum absolute atomic E-state index is 0.0437. The van der Waals surface area contributed by atoms with Crippen LogP contribution in [0.1, 0.15) is 47.3 Å². The van der Waals surface area contributed by atoms with E-state index in [0.29, 0.717) is 23.8 Å². The maximum absolute atomic E-state index is 12.4. The number of carboxylic acids is 1. The molecule has 1 aromatic heterocycles. The Balaban J connectivity index is 1.94. The predicted octanol–water partition coefficient (Wildman–Crippen LogP) is 2.42. The summed E-state index contributed by atoms with van der Waals surface area (Å²) in [5, 5.41) is 9.72. The first-order chi connectivity index (χ1) is 9.60. The summed E-state index contributed by atoms with van der Waals surface area (Å²) in [5.41, 5.74) is 0. The fraction of sp³-hybridized carbons (Fsp3) is 0.643. The van der Waals surface area contributed by atoms with E-state index in [1.54, 1.807) is 6.20 Å². The minimum atomic E-state index is -0.761. The Morgan fingerprint density at radius 2 is 2.35 bits per heavy atom.